The predicted molar refractivity (Wildman–Crippen MR) is 78.1 cm³/mol. The average Bonchev–Trinajstić information content (AvgIpc) is 2.39. The lowest BCUT2D eigenvalue weighted by molar-refractivity contribution is 0.286. The third-order valence-electron chi connectivity index (χ3n) is 3.19. The smallest absolute Gasteiger partial charge is 0.238 e. The van der Waals surface area contributed by atoms with E-state index >= 15 is 0 Å². The predicted octanol–water partition coefficient (Wildman–Crippen LogP) is 3.26. The van der Waals surface area contributed by atoms with Crippen molar-refractivity contribution < 1.29 is 12.6 Å². The molecule has 4 nitrogen and oxygen atoms in total. The van der Waals surface area contributed by atoms with E-state index in [9.17, 15) is 8.42 Å². The van der Waals surface area contributed by atoms with Gasteiger partial charge in [0.05, 0.1) is 0 Å². The molecule has 1 aromatic rings. The Kier molecular flexibility index (Phi) is 5.38. The summed E-state index contributed by atoms with van der Waals surface area (Å²) in [6.45, 7) is 0. The number of rotatable bonds is 5. The molecular weight excluding hydrogens is 330 g/mol. The minimum Gasteiger partial charge on any atom is -0.238 e. The normalized spacial score (nSPS) is 19.2. The van der Waals surface area contributed by atoms with Crippen LogP contribution in [0.25, 0.3) is 0 Å². The van der Waals surface area contributed by atoms with Gasteiger partial charge in [0.1, 0.15) is 0 Å². The van der Waals surface area contributed by atoms with Crippen LogP contribution >= 0.6 is 15.9 Å². The van der Waals surface area contributed by atoms with Crippen molar-refractivity contribution in [1.29, 1.82) is 0 Å². The molecule has 6 heteroatoms. The van der Waals surface area contributed by atoms with Crippen LogP contribution in [0, 0.1) is 0 Å². The Bertz CT molecular complexity index is 486. The Balaban J connectivity index is 1.93. The maximum atomic E-state index is 11.9. The molecule has 1 aromatic carbocycles. The zero-order valence-corrected chi connectivity index (χ0v) is 13.0. The van der Waals surface area contributed by atoms with Gasteiger partial charge in [-0.2, -0.15) is 13.1 Å². The highest BCUT2D eigenvalue weighted by molar-refractivity contribution is 9.09. The molecule has 1 unspecified atom stereocenters. The fourth-order valence-electron chi connectivity index (χ4n) is 2.22. The topological polar surface area (TPSA) is 55.4 Å². The van der Waals surface area contributed by atoms with Gasteiger partial charge in [-0.05, 0) is 18.4 Å². The molecule has 0 spiro atoms. The van der Waals surface area contributed by atoms with E-state index < -0.39 is 15.3 Å². The highest BCUT2D eigenvalue weighted by Crippen LogP contribution is 2.26. The van der Waals surface area contributed by atoms with Gasteiger partial charge < -0.3 is 0 Å². The minimum atomic E-state index is -3.73. The number of nitrogens with one attached hydrogen (secondary N) is 1. The zero-order chi connectivity index (χ0) is 13.7. The van der Waals surface area contributed by atoms with Crippen LogP contribution in [0.4, 0.5) is 0 Å². The number of hydrogen-bond donors (Lipinski definition) is 1. The van der Waals surface area contributed by atoms with Crippen LogP contribution in [-0.2, 0) is 14.5 Å². The molecule has 19 heavy (non-hydrogen) atoms. The summed E-state index contributed by atoms with van der Waals surface area (Å²) in [5.41, 5.74) is 0.775. The SMILES string of the molecule is O=S(=O)(NC1CCCCC1)OC(Br)c1ccccc1. The third-order valence-corrected chi connectivity index (χ3v) is 5.22. The van der Waals surface area contributed by atoms with Gasteiger partial charge in [-0.25, -0.2) is 4.18 Å². The van der Waals surface area contributed by atoms with E-state index in [0.717, 1.165) is 31.2 Å². The first-order chi connectivity index (χ1) is 9.07. The average molecular weight is 348 g/mol. The molecule has 2 rings (SSSR count). The summed E-state index contributed by atoms with van der Waals surface area (Å²) in [5, 5.41) is -0.658. The van der Waals surface area contributed by atoms with Gasteiger partial charge in [-0.15, -0.1) is 0 Å². The first kappa shape index (κ1) is 15.0. The highest BCUT2D eigenvalue weighted by atomic mass is 79.9. The lowest BCUT2D eigenvalue weighted by Gasteiger charge is -2.23. The molecule has 106 valence electrons. The molecule has 1 saturated carbocycles. The molecule has 0 aromatic heterocycles. The molecule has 0 aliphatic heterocycles. The van der Waals surface area contributed by atoms with Crippen molar-refractivity contribution in [2.45, 2.75) is 43.2 Å². The summed E-state index contributed by atoms with van der Waals surface area (Å²) < 4.78 is 31.6. The molecule has 1 atom stereocenters. The second-order valence-corrected chi connectivity index (χ2v) is 6.90. The van der Waals surface area contributed by atoms with Gasteiger partial charge in [0.2, 0.25) is 0 Å². The second kappa shape index (κ2) is 6.83. The first-order valence-corrected chi connectivity index (χ1v) is 8.79. The summed E-state index contributed by atoms with van der Waals surface area (Å²) >= 11 is 3.25. The fraction of sp³-hybridized carbons (Fsp3) is 0.538. The van der Waals surface area contributed by atoms with Crippen LogP contribution in [0.5, 0.6) is 0 Å². The number of hydrogen-bond acceptors (Lipinski definition) is 3. The van der Waals surface area contributed by atoms with E-state index in [4.69, 9.17) is 4.18 Å². The van der Waals surface area contributed by atoms with Gasteiger partial charge in [0.15, 0.2) is 5.01 Å². The molecule has 0 bridgehead atoms. The summed E-state index contributed by atoms with van der Waals surface area (Å²) in [5.74, 6) is 0. The van der Waals surface area contributed by atoms with E-state index in [-0.39, 0.29) is 6.04 Å². The summed E-state index contributed by atoms with van der Waals surface area (Å²) in [6.07, 6.45) is 5.11. The lowest BCUT2D eigenvalue weighted by Crippen LogP contribution is -2.37. The molecule has 1 aliphatic rings. The van der Waals surface area contributed by atoms with Crippen molar-refractivity contribution in [2.24, 2.45) is 0 Å². The van der Waals surface area contributed by atoms with Crippen molar-refractivity contribution in [3.8, 4) is 0 Å². The van der Waals surface area contributed by atoms with Crippen LogP contribution in [0.1, 0.15) is 42.7 Å². The van der Waals surface area contributed by atoms with Crippen molar-refractivity contribution in [1.82, 2.24) is 4.72 Å². The minimum absolute atomic E-state index is 0.00854. The molecule has 0 radical (unpaired) electrons. The Hall–Kier alpha value is -0.430. The lowest BCUT2D eigenvalue weighted by atomic mass is 9.96. The maximum absolute atomic E-state index is 11.9. The molecule has 1 fully saturated rings. The molecule has 0 heterocycles. The summed E-state index contributed by atoms with van der Waals surface area (Å²) in [6, 6.07) is 9.19. The first-order valence-electron chi connectivity index (χ1n) is 6.46. The molecular formula is C13H18BrNO3S. The van der Waals surface area contributed by atoms with E-state index in [0.29, 0.717) is 0 Å². The quantitative estimate of drug-likeness (QED) is 0.831. The second-order valence-electron chi connectivity index (χ2n) is 4.73. The van der Waals surface area contributed by atoms with Crippen LogP contribution in [0.3, 0.4) is 0 Å². The van der Waals surface area contributed by atoms with Gasteiger partial charge in [-0.1, -0.05) is 65.5 Å². The number of alkyl halides is 1. The number of benzene rings is 1. The van der Waals surface area contributed by atoms with Gasteiger partial charge in [0, 0.05) is 6.04 Å². The monoisotopic (exact) mass is 347 g/mol. The van der Waals surface area contributed by atoms with Crippen LogP contribution < -0.4 is 4.72 Å². The van der Waals surface area contributed by atoms with Crippen LogP contribution in [0.15, 0.2) is 30.3 Å². The number of halogens is 1. The molecule has 1 N–H and O–H groups in total. The van der Waals surface area contributed by atoms with Gasteiger partial charge in [0.25, 0.3) is 0 Å². The third kappa shape index (κ3) is 4.87. The maximum Gasteiger partial charge on any atom is 0.337 e. The van der Waals surface area contributed by atoms with E-state index in [1.54, 1.807) is 0 Å². The largest absolute Gasteiger partial charge is 0.337 e. The van der Waals surface area contributed by atoms with Crippen molar-refractivity contribution in [2.75, 3.05) is 0 Å². The highest BCUT2D eigenvalue weighted by Gasteiger charge is 2.23. The Morgan fingerprint density at radius 3 is 2.42 bits per heavy atom. The van der Waals surface area contributed by atoms with Crippen LogP contribution in [0.2, 0.25) is 0 Å². The Morgan fingerprint density at radius 2 is 1.79 bits per heavy atom. The Morgan fingerprint density at radius 1 is 1.16 bits per heavy atom. The van der Waals surface area contributed by atoms with E-state index in [1.165, 1.54) is 6.42 Å². The van der Waals surface area contributed by atoms with Gasteiger partial charge in [-0.3, -0.25) is 0 Å². The standard InChI is InChI=1S/C13H18BrNO3S/c14-13(11-7-3-1-4-8-11)18-19(16,17)15-12-9-5-2-6-10-12/h1,3-4,7-8,12-13,15H,2,5-6,9-10H2. The molecule has 0 saturated heterocycles. The van der Waals surface area contributed by atoms with Crippen LogP contribution in [-0.4, -0.2) is 14.5 Å². The Labute approximate surface area is 122 Å². The van der Waals surface area contributed by atoms with Gasteiger partial charge >= 0.3 is 10.3 Å². The van der Waals surface area contributed by atoms with Crippen molar-refractivity contribution in [3.05, 3.63) is 35.9 Å². The fourth-order valence-corrected chi connectivity index (χ4v) is 4.16. The summed E-state index contributed by atoms with van der Waals surface area (Å²) in [7, 11) is -3.73. The summed E-state index contributed by atoms with van der Waals surface area (Å²) in [4.78, 5) is 0. The van der Waals surface area contributed by atoms with E-state index in [2.05, 4.69) is 20.7 Å². The molecule has 1 aliphatic carbocycles. The molecule has 0 amide bonds. The van der Waals surface area contributed by atoms with Crippen molar-refractivity contribution in [3.63, 3.8) is 0 Å². The zero-order valence-electron chi connectivity index (χ0n) is 10.6. The van der Waals surface area contributed by atoms with E-state index in [1.807, 2.05) is 30.3 Å². The van der Waals surface area contributed by atoms with Crippen molar-refractivity contribution >= 4 is 26.2 Å².